The van der Waals surface area contributed by atoms with E-state index < -0.39 is 53.3 Å². The number of carbonyl (C=O) groups excluding carboxylic acids is 3. The van der Waals surface area contributed by atoms with Crippen LogP contribution < -0.4 is 20.4 Å². The average Bonchev–Trinajstić information content (AvgIpc) is 3.54. The predicted octanol–water partition coefficient (Wildman–Crippen LogP) is 7.89. The van der Waals surface area contributed by atoms with Crippen molar-refractivity contribution in [1.82, 2.24) is 4.98 Å². The predicted molar refractivity (Wildman–Crippen MR) is 202 cm³/mol. The fourth-order valence-electron chi connectivity index (χ4n) is 7.20. The highest BCUT2D eigenvalue weighted by Gasteiger charge is 2.45. The van der Waals surface area contributed by atoms with Crippen molar-refractivity contribution in [3.05, 3.63) is 123 Å². The molecular weight excluding hydrogens is 678 g/mol. The van der Waals surface area contributed by atoms with E-state index >= 15 is 0 Å². The molecule has 5 aromatic rings. The highest BCUT2D eigenvalue weighted by atomic mass is 32.1. The minimum atomic E-state index is -0.736. The number of hydrogen-bond acceptors (Lipinski definition) is 7. The molecule has 1 spiro atoms. The fourth-order valence-corrected chi connectivity index (χ4v) is 8.34. The molecule has 3 aliphatic heterocycles. The van der Waals surface area contributed by atoms with Crippen molar-refractivity contribution in [3.63, 3.8) is 0 Å². The van der Waals surface area contributed by atoms with Crippen LogP contribution in [0, 0.1) is 25.1 Å². The maximum atomic E-state index is 14.5. The average molecular weight is 720 g/mol. The first-order chi connectivity index (χ1) is 26.9. The van der Waals surface area contributed by atoms with E-state index in [2.05, 4.69) is 15.6 Å². The Morgan fingerprint density at radius 2 is 1.73 bits per heavy atom. The number of halogens is 1. The number of fused-ring (bicyclic) bond motifs is 3. The highest BCUT2D eigenvalue weighted by Crippen LogP contribution is 2.44. The highest BCUT2D eigenvalue weighted by molar-refractivity contribution is 7.17. The number of nitrogens with one attached hydrogen (secondary N) is 2. The molecule has 2 fully saturated rings. The lowest BCUT2D eigenvalue weighted by atomic mass is 9.73. The number of amides is 3. The maximum Gasteiger partial charge on any atom is 0.265 e. The van der Waals surface area contributed by atoms with Gasteiger partial charge in [-0.3, -0.25) is 14.4 Å². The molecule has 8 rings (SSSR count). The molecule has 52 heavy (non-hydrogen) atoms. The number of aryl methyl sites for hydroxylation is 2. The number of thiophene rings is 1. The zero-order valence-corrected chi connectivity index (χ0v) is 29.5. The van der Waals surface area contributed by atoms with Gasteiger partial charge >= 0.3 is 0 Å². The smallest absolute Gasteiger partial charge is 0.265 e. The molecule has 3 amide bonds. The zero-order valence-electron chi connectivity index (χ0n) is 32.7. The monoisotopic (exact) mass is 719 g/mol. The Hall–Kier alpha value is -5.39. The van der Waals surface area contributed by atoms with E-state index in [1.807, 2.05) is 17.9 Å². The van der Waals surface area contributed by atoms with Crippen LogP contribution in [0.25, 0.3) is 10.4 Å². The van der Waals surface area contributed by atoms with Crippen molar-refractivity contribution in [1.29, 1.82) is 0 Å². The van der Waals surface area contributed by atoms with Crippen LogP contribution in [0.4, 0.5) is 27.3 Å². The van der Waals surface area contributed by atoms with E-state index in [1.54, 1.807) is 55.6 Å². The third-order valence-corrected chi connectivity index (χ3v) is 11.2. The van der Waals surface area contributed by atoms with Gasteiger partial charge in [0.2, 0.25) is 0 Å². The molecule has 9 nitrogen and oxygen atoms in total. The number of benzene rings is 3. The normalized spacial score (nSPS) is 17.1. The van der Waals surface area contributed by atoms with Gasteiger partial charge in [0.1, 0.15) is 11.6 Å². The molecule has 0 unspecified atom stereocenters. The first kappa shape index (κ1) is 29.2. The molecule has 264 valence electrons. The van der Waals surface area contributed by atoms with Crippen molar-refractivity contribution in [2.45, 2.75) is 33.1 Å². The molecule has 0 atom stereocenters. The van der Waals surface area contributed by atoms with Gasteiger partial charge < -0.3 is 25.2 Å². The molecule has 0 radical (unpaired) electrons. The molecule has 0 aliphatic carbocycles. The first-order valence-corrected chi connectivity index (χ1v) is 18.0. The lowest BCUT2D eigenvalue weighted by Crippen LogP contribution is -2.59. The second-order valence-corrected chi connectivity index (χ2v) is 14.7. The molecule has 2 N–H and O–H groups in total. The van der Waals surface area contributed by atoms with Crippen molar-refractivity contribution < 1.29 is 29.0 Å². The number of para-hydroxylation sites is 2. The summed E-state index contributed by atoms with van der Waals surface area (Å²) >= 11 is 1.21. The van der Waals surface area contributed by atoms with E-state index in [4.69, 9.17) is 10.2 Å². The molecule has 2 saturated heterocycles. The van der Waals surface area contributed by atoms with Crippen molar-refractivity contribution in [2.24, 2.45) is 5.41 Å². The van der Waals surface area contributed by atoms with Gasteiger partial charge in [0, 0.05) is 66.2 Å². The quantitative estimate of drug-likeness (QED) is 0.185. The van der Waals surface area contributed by atoms with E-state index in [1.165, 1.54) is 22.3 Å². The standard InChI is InChI=1S/C41H38FN5O4S/c1-25-20-31(37(43-22-25)46-23-41(24-46)15-18-51-19-16-41)38(48)44-29-12-10-27(11-13-29)40(50)47-17-14-28-21-34(52-36(28)30-7-3-4-9-33(30)47)39(49)45-35-26(2)6-5-8-32(35)42/h3-13,20-22H,14-19,23-24H2,1-2H3,(H,44,48)(H,45,49)/i10D,11D,12D,13D. The molecule has 3 aliphatic rings. The first-order valence-electron chi connectivity index (χ1n) is 19.2. The van der Waals surface area contributed by atoms with E-state index in [-0.39, 0.29) is 28.9 Å². The molecule has 3 aromatic carbocycles. The Labute approximate surface area is 311 Å². The largest absolute Gasteiger partial charge is 0.381 e. The van der Waals surface area contributed by atoms with Crippen LogP contribution in [0.15, 0.2) is 85.0 Å². The summed E-state index contributed by atoms with van der Waals surface area (Å²) in [5, 5.41) is 5.30. The van der Waals surface area contributed by atoms with Crippen LogP contribution in [0.1, 0.15) is 65.4 Å². The number of rotatable bonds is 6. The van der Waals surface area contributed by atoms with Crippen LogP contribution in [0.2, 0.25) is 0 Å². The van der Waals surface area contributed by atoms with Gasteiger partial charge in [-0.1, -0.05) is 30.3 Å². The van der Waals surface area contributed by atoms with Gasteiger partial charge in [-0.05, 0) is 98.2 Å². The number of anilines is 4. The summed E-state index contributed by atoms with van der Waals surface area (Å²) in [5.74, 6) is -1.89. The summed E-state index contributed by atoms with van der Waals surface area (Å²) in [4.78, 5) is 50.6. The number of ether oxygens (including phenoxy) is 1. The summed E-state index contributed by atoms with van der Waals surface area (Å²) in [6.45, 7) is 6.48. The van der Waals surface area contributed by atoms with Gasteiger partial charge in [-0.25, -0.2) is 9.37 Å². The number of pyridine rings is 1. The second-order valence-electron chi connectivity index (χ2n) is 13.6. The van der Waals surface area contributed by atoms with Crippen molar-refractivity contribution >= 4 is 51.9 Å². The van der Waals surface area contributed by atoms with Crippen LogP contribution >= 0.6 is 11.3 Å². The molecule has 0 bridgehead atoms. The van der Waals surface area contributed by atoms with Gasteiger partial charge in [0.15, 0.2) is 0 Å². The van der Waals surface area contributed by atoms with Gasteiger partial charge in [0.05, 0.1) is 27.3 Å². The lowest BCUT2D eigenvalue weighted by molar-refractivity contribution is -0.000511. The summed E-state index contributed by atoms with van der Waals surface area (Å²) in [5.41, 5.74) is 2.94. The molecule has 0 saturated carbocycles. The van der Waals surface area contributed by atoms with E-state index in [9.17, 15) is 18.8 Å². The molecular formula is C41H38FN5O4S. The van der Waals surface area contributed by atoms with E-state index in [0.717, 1.165) is 41.9 Å². The topological polar surface area (TPSA) is 104 Å². The Morgan fingerprint density at radius 1 is 0.962 bits per heavy atom. The van der Waals surface area contributed by atoms with E-state index in [0.29, 0.717) is 47.1 Å². The lowest BCUT2D eigenvalue weighted by Gasteiger charge is -2.53. The number of carbonyl (C=O) groups is 3. The number of hydrogen-bond donors (Lipinski definition) is 2. The van der Waals surface area contributed by atoms with Gasteiger partial charge in [-0.2, -0.15) is 0 Å². The second kappa shape index (κ2) is 13.6. The Kier molecular flexibility index (Phi) is 7.66. The molecule has 5 heterocycles. The van der Waals surface area contributed by atoms with Crippen LogP contribution in [-0.4, -0.2) is 55.6 Å². The summed E-state index contributed by atoms with van der Waals surface area (Å²) in [6.07, 6.45) is 3.86. The number of nitrogens with zero attached hydrogens (tertiary/aromatic N) is 3. The van der Waals surface area contributed by atoms with Gasteiger partial charge in [0.25, 0.3) is 17.7 Å². The minimum absolute atomic E-state index is 0.107. The van der Waals surface area contributed by atoms with Crippen LogP contribution in [-0.2, 0) is 11.2 Å². The Bertz CT molecular complexity index is 2400. The minimum Gasteiger partial charge on any atom is -0.381 e. The third kappa shape index (κ3) is 6.35. The fraction of sp³-hybridized carbons (Fsp3) is 0.268. The number of aromatic nitrogens is 1. The molecule has 2 aromatic heterocycles. The van der Waals surface area contributed by atoms with Gasteiger partial charge in [-0.15, -0.1) is 11.3 Å². The summed E-state index contributed by atoms with van der Waals surface area (Å²) in [7, 11) is 0. The summed E-state index contributed by atoms with van der Waals surface area (Å²) in [6, 6.07) is 12.8. The van der Waals surface area contributed by atoms with Crippen LogP contribution in [0.3, 0.4) is 0 Å². The zero-order chi connectivity index (χ0) is 39.5. The third-order valence-electron chi connectivity index (χ3n) is 10.0. The maximum absolute atomic E-state index is 14.5. The van der Waals surface area contributed by atoms with Crippen molar-refractivity contribution in [2.75, 3.05) is 53.3 Å². The van der Waals surface area contributed by atoms with Crippen LogP contribution in [0.5, 0.6) is 0 Å². The Morgan fingerprint density at radius 3 is 2.50 bits per heavy atom. The summed E-state index contributed by atoms with van der Waals surface area (Å²) < 4.78 is 55.6. The van der Waals surface area contributed by atoms with Crippen molar-refractivity contribution in [3.8, 4) is 10.4 Å². The Balaban J connectivity index is 1.06. The SMILES string of the molecule is [2H]c1c([2H])c(C(=O)N2CCc3cc(C(=O)Nc4c(C)cccc4F)sc3-c3ccccc32)c([2H])c([2H])c1NC(=O)c1cc(C)cnc1N1CC2(CCOCC2)C1. The molecule has 11 heteroatoms.